The van der Waals surface area contributed by atoms with E-state index in [4.69, 9.17) is 5.73 Å². The maximum atomic E-state index is 11.3. The highest BCUT2D eigenvalue weighted by Crippen LogP contribution is 2.07. The molecule has 1 aromatic rings. The van der Waals surface area contributed by atoms with E-state index in [0.717, 1.165) is 11.4 Å². The van der Waals surface area contributed by atoms with Gasteiger partial charge >= 0.3 is 0 Å². The van der Waals surface area contributed by atoms with Gasteiger partial charge in [0.25, 0.3) is 5.91 Å². The Morgan fingerprint density at radius 1 is 1.77 bits per heavy atom. The first-order valence-corrected chi connectivity index (χ1v) is 5.02. The molecule has 0 saturated carbocycles. The van der Waals surface area contributed by atoms with Gasteiger partial charge in [-0.3, -0.25) is 4.79 Å². The van der Waals surface area contributed by atoms with E-state index in [1.807, 2.05) is 6.92 Å². The molecule has 0 atom stereocenters. The van der Waals surface area contributed by atoms with E-state index >= 15 is 0 Å². The molecule has 0 saturated heterocycles. The van der Waals surface area contributed by atoms with E-state index in [9.17, 15) is 4.79 Å². The molecule has 0 bridgehead atoms. The molecule has 0 aliphatic heterocycles. The second kappa shape index (κ2) is 4.94. The summed E-state index contributed by atoms with van der Waals surface area (Å²) in [6.07, 6.45) is 0.800. The molecule has 5 heteroatoms. The topological polar surface area (TPSA) is 68.0 Å². The Morgan fingerprint density at radius 2 is 2.54 bits per heavy atom. The molecule has 1 amide bonds. The Morgan fingerprint density at radius 3 is 3.08 bits per heavy atom. The quantitative estimate of drug-likeness (QED) is 0.695. The van der Waals surface area contributed by atoms with Crippen LogP contribution in [0, 0.1) is 6.92 Å². The fraction of sp³-hybridized carbons (Fsp3) is 0.500. The van der Waals surface area contributed by atoms with Crippen LogP contribution in [0.1, 0.15) is 21.9 Å². The third-order valence-corrected chi connectivity index (χ3v) is 2.29. The lowest BCUT2D eigenvalue weighted by atomic mass is 10.4. The highest BCUT2D eigenvalue weighted by molar-refractivity contribution is 7.09. The van der Waals surface area contributed by atoms with Crippen LogP contribution in [-0.4, -0.2) is 24.0 Å². The lowest BCUT2D eigenvalue weighted by Crippen LogP contribution is -2.26. The highest BCUT2D eigenvalue weighted by Gasteiger charge is 2.07. The third kappa shape index (κ3) is 3.12. The first-order valence-electron chi connectivity index (χ1n) is 4.14. The average molecular weight is 199 g/mol. The molecule has 0 spiro atoms. The number of hydrogen-bond donors (Lipinski definition) is 2. The zero-order chi connectivity index (χ0) is 9.68. The van der Waals surface area contributed by atoms with Gasteiger partial charge in [0.2, 0.25) is 0 Å². The number of carbonyl (C=O) groups is 1. The molecule has 1 rings (SSSR count). The van der Waals surface area contributed by atoms with Gasteiger partial charge in [-0.1, -0.05) is 0 Å². The maximum absolute atomic E-state index is 11.3. The lowest BCUT2D eigenvalue weighted by molar-refractivity contribution is 0.0949. The standard InChI is InChI=1S/C8H13N3OS/c1-6-11-7(5-13-6)8(12)10-4-2-3-9/h5H,2-4,9H2,1H3,(H,10,12). The van der Waals surface area contributed by atoms with Crippen LogP contribution in [-0.2, 0) is 0 Å². The minimum Gasteiger partial charge on any atom is -0.351 e. The van der Waals surface area contributed by atoms with Crippen molar-refractivity contribution in [3.8, 4) is 0 Å². The number of aryl methyl sites for hydroxylation is 1. The molecular formula is C8H13N3OS. The number of carbonyl (C=O) groups excluding carboxylic acids is 1. The van der Waals surface area contributed by atoms with Gasteiger partial charge in [-0.15, -0.1) is 11.3 Å². The van der Waals surface area contributed by atoms with E-state index in [1.165, 1.54) is 11.3 Å². The molecule has 13 heavy (non-hydrogen) atoms. The second-order valence-electron chi connectivity index (χ2n) is 2.65. The van der Waals surface area contributed by atoms with Gasteiger partial charge in [-0.2, -0.15) is 0 Å². The van der Waals surface area contributed by atoms with Gasteiger partial charge in [-0.25, -0.2) is 4.98 Å². The van der Waals surface area contributed by atoms with Crippen LogP contribution in [0.15, 0.2) is 5.38 Å². The summed E-state index contributed by atoms with van der Waals surface area (Å²) in [4.78, 5) is 15.4. The summed E-state index contributed by atoms with van der Waals surface area (Å²) in [5, 5.41) is 5.40. The minimum absolute atomic E-state index is 0.113. The number of thiazole rings is 1. The molecule has 1 aromatic heterocycles. The van der Waals surface area contributed by atoms with E-state index in [2.05, 4.69) is 10.3 Å². The smallest absolute Gasteiger partial charge is 0.270 e. The van der Waals surface area contributed by atoms with Crippen LogP contribution in [0.4, 0.5) is 0 Å². The normalized spacial score (nSPS) is 10.0. The molecule has 1 heterocycles. The van der Waals surface area contributed by atoms with Crippen LogP contribution in [0.25, 0.3) is 0 Å². The van der Waals surface area contributed by atoms with Crippen LogP contribution in [0.2, 0.25) is 0 Å². The Balaban J connectivity index is 2.40. The van der Waals surface area contributed by atoms with Gasteiger partial charge in [0.1, 0.15) is 5.69 Å². The largest absolute Gasteiger partial charge is 0.351 e. The number of amides is 1. The highest BCUT2D eigenvalue weighted by atomic mass is 32.1. The van der Waals surface area contributed by atoms with Crippen LogP contribution >= 0.6 is 11.3 Å². The molecule has 4 nitrogen and oxygen atoms in total. The van der Waals surface area contributed by atoms with Crippen molar-refractivity contribution in [2.24, 2.45) is 5.73 Å². The van der Waals surface area contributed by atoms with Crippen molar-refractivity contribution in [1.29, 1.82) is 0 Å². The summed E-state index contributed by atoms with van der Waals surface area (Å²) in [5.41, 5.74) is 5.79. The van der Waals surface area contributed by atoms with Crippen molar-refractivity contribution in [2.75, 3.05) is 13.1 Å². The van der Waals surface area contributed by atoms with Crippen molar-refractivity contribution in [2.45, 2.75) is 13.3 Å². The van der Waals surface area contributed by atoms with Gasteiger partial charge in [0.05, 0.1) is 5.01 Å². The van der Waals surface area contributed by atoms with E-state index < -0.39 is 0 Å². The molecular weight excluding hydrogens is 186 g/mol. The Labute approximate surface area is 81.2 Å². The van der Waals surface area contributed by atoms with E-state index in [1.54, 1.807) is 5.38 Å². The van der Waals surface area contributed by atoms with E-state index in [-0.39, 0.29) is 5.91 Å². The minimum atomic E-state index is -0.113. The monoisotopic (exact) mass is 199 g/mol. The zero-order valence-electron chi connectivity index (χ0n) is 7.54. The summed E-state index contributed by atoms with van der Waals surface area (Å²) in [6, 6.07) is 0. The Kier molecular flexibility index (Phi) is 3.85. The van der Waals surface area contributed by atoms with Gasteiger partial charge in [0.15, 0.2) is 0 Å². The van der Waals surface area contributed by atoms with Crippen molar-refractivity contribution in [3.63, 3.8) is 0 Å². The predicted octanol–water partition coefficient (Wildman–Crippen LogP) is 0.530. The van der Waals surface area contributed by atoms with Crippen molar-refractivity contribution in [3.05, 3.63) is 16.1 Å². The van der Waals surface area contributed by atoms with Gasteiger partial charge in [0, 0.05) is 11.9 Å². The third-order valence-electron chi connectivity index (χ3n) is 1.52. The Hall–Kier alpha value is -0.940. The molecule has 0 radical (unpaired) electrons. The summed E-state index contributed by atoms with van der Waals surface area (Å²) in [5.74, 6) is -0.113. The predicted molar refractivity (Wildman–Crippen MR) is 52.9 cm³/mol. The molecule has 72 valence electrons. The zero-order valence-corrected chi connectivity index (χ0v) is 8.36. The van der Waals surface area contributed by atoms with Crippen LogP contribution < -0.4 is 11.1 Å². The number of nitrogens with two attached hydrogens (primary N) is 1. The van der Waals surface area contributed by atoms with Crippen molar-refractivity contribution < 1.29 is 4.79 Å². The molecule has 0 fully saturated rings. The maximum Gasteiger partial charge on any atom is 0.270 e. The summed E-state index contributed by atoms with van der Waals surface area (Å²) in [6.45, 7) is 3.09. The summed E-state index contributed by atoms with van der Waals surface area (Å²) < 4.78 is 0. The molecule has 0 unspecified atom stereocenters. The molecule has 0 aliphatic carbocycles. The number of nitrogens with one attached hydrogen (secondary N) is 1. The van der Waals surface area contributed by atoms with Crippen LogP contribution in [0.5, 0.6) is 0 Å². The van der Waals surface area contributed by atoms with Gasteiger partial charge in [-0.05, 0) is 19.9 Å². The molecule has 3 N–H and O–H groups in total. The SMILES string of the molecule is Cc1nc(C(=O)NCCCN)cs1. The number of hydrogen-bond acceptors (Lipinski definition) is 4. The van der Waals surface area contributed by atoms with E-state index in [0.29, 0.717) is 18.8 Å². The summed E-state index contributed by atoms with van der Waals surface area (Å²) in [7, 11) is 0. The molecule has 0 aliphatic rings. The number of rotatable bonds is 4. The average Bonchev–Trinajstić information content (AvgIpc) is 2.52. The number of nitrogens with zero attached hydrogens (tertiary/aromatic N) is 1. The lowest BCUT2D eigenvalue weighted by Gasteiger charge is -2.00. The first-order chi connectivity index (χ1) is 6.24. The first kappa shape index (κ1) is 10.1. The fourth-order valence-electron chi connectivity index (χ4n) is 0.862. The summed E-state index contributed by atoms with van der Waals surface area (Å²) >= 11 is 1.48. The van der Waals surface area contributed by atoms with Crippen LogP contribution in [0.3, 0.4) is 0 Å². The van der Waals surface area contributed by atoms with Gasteiger partial charge < -0.3 is 11.1 Å². The second-order valence-corrected chi connectivity index (χ2v) is 3.71. The van der Waals surface area contributed by atoms with Crippen molar-refractivity contribution >= 4 is 17.2 Å². The molecule has 0 aromatic carbocycles. The fourth-order valence-corrected chi connectivity index (χ4v) is 1.46. The van der Waals surface area contributed by atoms with Crippen molar-refractivity contribution in [1.82, 2.24) is 10.3 Å². The Bertz CT molecular complexity index is 285. The number of aromatic nitrogens is 1.